The van der Waals surface area contributed by atoms with Crippen LogP contribution in [-0.4, -0.2) is 13.0 Å². The van der Waals surface area contributed by atoms with E-state index in [1.165, 1.54) is 70.6 Å². The van der Waals surface area contributed by atoms with E-state index in [0.29, 0.717) is 0 Å². The summed E-state index contributed by atoms with van der Waals surface area (Å²) < 4.78 is 0. The highest BCUT2D eigenvalue weighted by Crippen LogP contribution is 2.22. The van der Waals surface area contributed by atoms with Crippen molar-refractivity contribution in [2.75, 3.05) is 6.54 Å². The Kier molecular flexibility index (Phi) is 15.1. The first-order valence-corrected chi connectivity index (χ1v) is 8.52. The van der Waals surface area contributed by atoms with Gasteiger partial charge in [0.05, 0.1) is 0 Å². The van der Waals surface area contributed by atoms with Gasteiger partial charge in [-0.2, -0.15) is 0 Å². The molecule has 114 valence electrons. The monoisotopic (exact) mass is 269 g/mol. The third-order valence-corrected chi connectivity index (χ3v) is 3.95. The maximum Gasteiger partial charge on any atom is 0.207 e. The molecule has 2 heteroatoms. The molecule has 2 nitrogen and oxygen atoms in total. The Morgan fingerprint density at radius 1 is 0.789 bits per heavy atom. The Morgan fingerprint density at radius 2 is 1.32 bits per heavy atom. The summed E-state index contributed by atoms with van der Waals surface area (Å²) in [6.45, 7) is 5.39. The van der Waals surface area contributed by atoms with Crippen molar-refractivity contribution in [1.82, 2.24) is 5.32 Å². The maximum atomic E-state index is 10.2. The Morgan fingerprint density at radius 3 is 1.79 bits per heavy atom. The molecule has 0 unspecified atom stereocenters. The minimum atomic E-state index is 0.817. The summed E-state index contributed by atoms with van der Waals surface area (Å²) in [5.74, 6) is 0.891. The fourth-order valence-corrected chi connectivity index (χ4v) is 2.70. The van der Waals surface area contributed by atoms with Crippen LogP contribution >= 0.6 is 0 Å². The molecule has 0 aromatic carbocycles. The van der Waals surface area contributed by atoms with Crippen LogP contribution in [0.15, 0.2) is 0 Å². The molecule has 0 aromatic heterocycles. The van der Waals surface area contributed by atoms with E-state index in [2.05, 4.69) is 19.2 Å². The third-order valence-electron chi connectivity index (χ3n) is 3.95. The van der Waals surface area contributed by atoms with E-state index >= 15 is 0 Å². The lowest BCUT2D eigenvalue weighted by molar-refractivity contribution is -0.109. The lowest BCUT2D eigenvalue weighted by Crippen LogP contribution is -2.13. The second-order valence-corrected chi connectivity index (χ2v) is 5.78. The summed E-state index contributed by atoms with van der Waals surface area (Å²) in [6, 6.07) is 0. The number of nitrogens with one attached hydrogen (secondary N) is 1. The van der Waals surface area contributed by atoms with Crippen LogP contribution in [0, 0.1) is 5.92 Å². The predicted molar refractivity (Wildman–Crippen MR) is 84.3 cm³/mol. The highest BCUT2D eigenvalue weighted by Gasteiger charge is 2.08. The molecular formula is C17H35NO. The van der Waals surface area contributed by atoms with Gasteiger partial charge in [-0.05, 0) is 18.8 Å². The molecule has 0 bridgehead atoms. The average Bonchev–Trinajstić information content (AvgIpc) is 2.43. The Bertz CT molecular complexity index is 170. The van der Waals surface area contributed by atoms with Crippen molar-refractivity contribution in [3.63, 3.8) is 0 Å². The lowest BCUT2D eigenvalue weighted by atomic mass is 9.90. The molecular weight excluding hydrogens is 234 g/mol. The van der Waals surface area contributed by atoms with Crippen molar-refractivity contribution in [1.29, 1.82) is 0 Å². The van der Waals surface area contributed by atoms with Crippen LogP contribution in [0.3, 0.4) is 0 Å². The smallest absolute Gasteiger partial charge is 0.207 e. The van der Waals surface area contributed by atoms with Crippen molar-refractivity contribution in [3.8, 4) is 0 Å². The van der Waals surface area contributed by atoms with Gasteiger partial charge in [-0.1, -0.05) is 78.1 Å². The highest BCUT2D eigenvalue weighted by atomic mass is 16.1. The van der Waals surface area contributed by atoms with Crippen LogP contribution in [0.25, 0.3) is 0 Å². The largest absolute Gasteiger partial charge is 0.359 e. The molecule has 0 saturated heterocycles. The van der Waals surface area contributed by atoms with Crippen molar-refractivity contribution in [2.24, 2.45) is 5.92 Å². The average molecular weight is 269 g/mol. The molecule has 0 aliphatic carbocycles. The van der Waals surface area contributed by atoms with Crippen LogP contribution in [0.1, 0.15) is 90.9 Å². The van der Waals surface area contributed by atoms with E-state index in [1.54, 1.807) is 0 Å². The second-order valence-electron chi connectivity index (χ2n) is 5.78. The minimum absolute atomic E-state index is 0.817. The summed E-state index contributed by atoms with van der Waals surface area (Å²) >= 11 is 0. The molecule has 1 N–H and O–H groups in total. The topological polar surface area (TPSA) is 29.1 Å². The Balaban J connectivity index is 3.68. The number of rotatable bonds is 15. The standard InChI is InChI=1S/C17H35NO/c1-3-5-7-9-12-17(13-10-8-6-4-2)14-11-15-18-16-19/h16-17H,3-15H2,1-2H3,(H,18,19). The fraction of sp³-hybridized carbons (Fsp3) is 0.941. The van der Waals surface area contributed by atoms with E-state index in [4.69, 9.17) is 0 Å². The third kappa shape index (κ3) is 13.7. The Hall–Kier alpha value is -0.530. The molecule has 0 aliphatic rings. The first-order valence-electron chi connectivity index (χ1n) is 8.52. The van der Waals surface area contributed by atoms with Crippen molar-refractivity contribution < 1.29 is 4.79 Å². The second kappa shape index (κ2) is 15.5. The molecule has 0 heterocycles. The number of hydrogen-bond acceptors (Lipinski definition) is 1. The minimum Gasteiger partial charge on any atom is -0.359 e. The van der Waals surface area contributed by atoms with Gasteiger partial charge in [0, 0.05) is 6.54 Å². The SMILES string of the molecule is CCCCCCC(CCCCCC)CCCNC=O. The molecule has 0 radical (unpaired) electrons. The number of unbranched alkanes of at least 4 members (excludes halogenated alkanes) is 6. The van der Waals surface area contributed by atoms with Crippen LogP contribution in [-0.2, 0) is 4.79 Å². The van der Waals surface area contributed by atoms with Gasteiger partial charge in [0.25, 0.3) is 0 Å². The van der Waals surface area contributed by atoms with Crippen LogP contribution in [0.2, 0.25) is 0 Å². The van der Waals surface area contributed by atoms with E-state index in [-0.39, 0.29) is 0 Å². The fourth-order valence-electron chi connectivity index (χ4n) is 2.70. The van der Waals surface area contributed by atoms with Crippen LogP contribution in [0.4, 0.5) is 0 Å². The number of amides is 1. The zero-order chi connectivity index (χ0) is 14.2. The number of hydrogen-bond donors (Lipinski definition) is 1. The van der Waals surface area contributed by atoms with Crippen molar-refractivity contribution in [3.05, 3.63) is 0 Å². The maximum absolute atomic E-state index is 10.2. The summed E-state index contributed by atoms with van der Waals surface area (Å²) in [5, 5.41) is 2.78. The van der Waals surface area contributed by atoms with Gasteiger partial charge in [0.1, 0.15) is 0 Å². The molecule has 19 heavy (non-hydrogen) atoms. The Labute approximate surface area is 120 Å². The quantitative estimate of drug-likeness (QED) is 0.326. The first-order chi connectivity index (χ1) is 9.35. The summed E-state index contributed by atoms with van der Waals surface area (Å²) in [7, 11) is 0. The lowest BCUT2D eigenvalue weighted by Gasteiger charge is -2.16. The number of carbonyl (C=O) groups excluding carboxylic acids is 1. The van der Waals surface area contributed by atoms with Gasteiger partial charge in [-0.25, -0.2) is 0 Å². The van der Waals surface area contributed by atoms with Crippen molar-refractivity contribution in [2.45, 2.75) is 90.9 Å². The van der Waals surface area contributed by atoms with Gasteiger partial charge in [-0.15, -0.1) is 0 Å². The van der Waals surface area contributed by atoms with Crippen molar-refractivity contribution >= 4 is 6.41 Å². The zero-order valence-electron chi connectivity index (χ0n) is 13.3. The summed E-state index contributed by atoms with van der Waals surface area (Å²) in [5.41, 5.74) is 0. The normalized spacial score (nSPS) is 10.9. The molecule has 1 amide bonds. The van der Waals surface area contributed by atoms with E-state index in [0.717, 1.165) is 25.3 Å². The van der Waals surface area contributed by atoms with Crippen LogP contribution < -0.4 is 5.32 Å². The van der Waals surface area contributed by atoms with Gasteiger partial charge in [0.15, 0.2) is 0 Å². The van der Waals surface area contributed by atoms with Gasteiger partial charge < -0.3 is 5.32 Å². The molecule has 0 saturated carbocycles. The van der Waals surface area contributed by atoms with Gasteiger partial charge in [0.2, 0.25) is 6.41 Å². The van der Waals surface area contributed by atoms with E-state index in [9.17, 15) is 4.79 Å². The summed E-state index contributed by atoms with van der Waals surface area (Å²) in [6.07, 6.45) is 17.0. The molecule has 0 atom stereocenters. The molecule has 0 aliphatic heterocycles. The zero-order valence-corrected chi connectivity index (χ0v) is 13.3. The van der Waals surface area contributed by atoms with Crippen LogP contribution in [0.5, 0.6) is 0 Å². The number of carbonyl (C=O) groups is 1. The first kappa shape index (κ1) is 18.5. The summed E-state index contributed by atoms with van der Waals surface area (Å²) in [4.78, 5) is 10.2. The van der Waals surface area contributed by atoms with E-state index in [1.807, 2.05) is 0 Å². The molecule has 0 spiro atoms. The van der Waals surface area contributed by atoms with Gasteiger partial charge >= 0.3 is 0 Å². The molecule has 0 fully saturated rings. The predicted octanol–water partition coefficient (Wildman–Crippen LogP) is 5.07. The molecule has 0 aromatic rings. The molecule has 0 rings (SSSR count). The van der Waals surface area contributed by atoms with E-state index < -0.39 is 0 Å². The van der Waals surface area contributed by atoms with Gasteiger partial charge in [-0.3, -0.25) is 4.79 Å². The highest BCUT2D eigenvalue weighted by molar-refractivity contribution is 5.45.